The van der Waals surface area contributed by atoms with Crippen LogP contribution in [0.1, 0.15) is 44.5 Å². The maximum atomic E-state index is 5.57. The van der Waals surface area contributed by atoms with Crippen LogP contribution in [0.4, 0.5) is 0 Å². The molecule has 0 radical (unpaired) electrons. The van der Waals surface area contributed by atoms with E-state index < -0.39 is 10.8 Å². The molecule has 2 aliphatic heterocycles. The first-order valence-corrected chi connectivity index (χ1v) is 45.0. The molecule has 0 saturated heterocycles. The van der Waals surface area contributed by atoms with Crippen LogP contribution in [0.25, 0.3) is 178 Å². The lowest BCUT2D eigenvalue weighted by atomic mass is 9.67. The van der Waals surface area contributed by atoms with Crippen molar-refractivity contribution in [1.29, 1.82) is 0 Å². The quantitative estimate of drug-likeness (QED) is 0.124. The Balaban J connectivity index is 0.000000139. The van der Waals surface area contributed by atoms with E-state index in [1.165, 1.54) is 108 Å². The summed E-state index contributed by atoms with van der Waals surface area (Å²) in [6.45, 7) is 0. The zero-order valence-electron chi connectivity index (χ0n) is 69.1. The predicted octanol–water partition coefficient (Wildman–Crippen LogP) is 30.1. The monoisotopic (exact) mass is 1660 g/mol. The Bertz CT molecular complexity index is 7560. The molecule has 26 rings (SSSR count). The molecule has 18 aromatic carbocycles. The van der Waals surface area contributed by atoms with Crippen LogP contribution in [-0.2, 0) is 10.8 Å². The molecule has 0 fully saturated rings. The van der Waals surface area contributed by atoms with Crippen molar-refractivity contribution in [1.82, 2.24) is 34.9 Å². The summed E-state index contributed by atoms with van der Waals surface area (Å²) in [4.78, 5) is 41.1. The summed E-state index contributed by atoms with van der Waals surface area (Å²) < 4.78 is 0. The lowest BCUT2D eigenvalue weighted by Gasteiger charge is -2.40. The minimum absolute atomic E-state index is 0.474. The topological polar surface area (TPSA) is 90.2 Å². The summed E-state index contributed by atoms with van der Waals surface area (Å²) in [6, 6.07) is 159. The molecule has 0 saturated carbocycles. The van der Waals surface area contributed by atoms with Crippen molar-refractivity contribution in [3.8, 4) is 135 Å². The normalized spacial score (nSPS) is 13.1. The Kier molecular flexibility index (Phi) is 17.8. The van der Waals surface area contributed by atoms with E-state index in [1.807, 2.05) is 108 Å². The number of hydrogen-bond acceptors (Lipinski definition) is 9. The van der Waals surface area contributed by atoms with Crippen LogP contribution in [0.15, 0.2) is 462 Å². The zero-order chi connectivity index (χ0) is 84.4. The van der Waals surface area contributed by atoms with Gasteiger partial charge in [0.15, 0.2) is 23.3 Å². The highest BCUT2D eigenvalue weighted by Gasteiger charge is 2.53. The van der Waals surface area contributed by atoms with E-state index >= 15 is 0 Å². The molecule has 7 nitrogen and oxygen atoms in total. The molecule has 0 bridgehead atoms. The number of nitrogens with zero attached hydrogens (tertiary/aromatic N) is 7. The molecule has 0 atom stereocenters. The average molecular weight is 1670 g/mol. The van der Waals surface area contributed by atoms with Crippen LogP contribution in [0, 0.1) is 0 Å². The van der Waals surface area contributed by atoms with Crippen LogP contribution < -0.4 is 0 Å². The molecule has 0 unspecified atom stereocenters. The van der Waals surface area contributed by atoms with Crippen molar-refractivity contribution in [3.63, 3.8) is 0 Å². The van der Waals surface area contributed by atoms with Crippen molar-refractivity contribution in [2.75, 3.05) is 0 Å². The number of pyridine rings is 2. The minimum atomic E-state index is -0.479. The number of aromatic nitrogens is 7. The Morgan fingerprint density at radius 3 is 0.859 bits per heavy atom. The molecular formula is C119H73N7S2. The average Bonchev–Trinajstić information content (AvgIpc) is 1.46. The van der Waals surface area contributed by atoms with Crippen LogP contribution >= 0.6 is 23.5 Å². The van der Waals surface area contributed by atoms with Gasteiger partial charge >= 0.3 is 0 Å². The molecule has 0 amide bonds. The Hall–Kier alpha value is -15.9. The Morgan fingerprint density at radius 2 is 0.461 bits per heavy atom. The molecule has 4 aromatic heterocycles. The van der Waals surface area contributed by atoms with Gasteiger partial charge in [-0.2, -0.15) is 0 Å². The largest absolute Gasteiger partial charge is 0.247 e. The second-order valence-corrected chi connectivity index (χ2v) is 35.2. The van der Waals surface area contributed by atoms with E-state index in [1.54, 1.807) is 0 Å². The summed E-state index contributed by atoms with van der Waals surface area (Å²) in [6.07, 6.45) is 0. The zero-order valence-corrected chi connectivity index (χ0v) is 70.7. The third-order valence-corrected chi connectivity index (χ3v) is 28.6. The molecule has 22 aromatic rings. The summed E-state index contributed by atoms with van der Waals surface area (Å²) in [5.41, 5.74) is 33.1. The fourth-order valence-corrected chi connectivity index (χ4v) is 23.1. The summed E-state index contributed by atoms with van der Waals surface area (Å²) in [7, 11) is 0. The van der Waals surface area contributed by atoms with Crippen molar-refractivity contribution >= 4 is 66.9 Å². The second-order valence-electron chi connectivity index (χ2n) is 33.1. The molecule has 2 spiro atoms. The highest BCUT2D eigenvalue weighted by atomic mass is 32.2. The van der Waals surface area contributed by atoms with Gasteiger partial charge in [0.05, 0.1) is 44.6 Å². The van der Waals surface area contributed by atoms with E-state index in [4.69, 9.17) is 34.9 Å². The van der Waals surface area contributed by atoms with Gasteiger partial charge in [0.2, 0.25) is 0 Å². The van der Waals surface area contributed by atoms with E-state index in [9.17, 15) is 0 Å². The van der Waals surface area contributed by atoms with E-state index in [-0.39, 0.29) is 0 Å². The lowest BCUT2D eigenvalue weighted by molar-refractivity contribution is 0.726. The Labute approximate surface area is 749 Å². The molecule has 4 aliphatic rings. The number of fused-ring (bicyclic) bond motifs is 26. The van der Waals surface area contributed by atoms with Gasteiger partial charge in [-0.15, -0.1) is 0 Å². The number of benzene rings is 18. The van der Waals surface area contributed by atoms with Crippen LogP contribution in [0.3, 0.4) is 0 Å². The maximum absolute atomic E-state index is 5.57. The van der Waals surface area contributed by atoms with Gasteiger partial charge in [-0.1, -0.05) is 424 Å². The minimum Gasteiger partial charge on any atom is -0.247 e. The van der Waals surface area contributed by atoms with Gasteiger partial charge in [0, 0.05) is 85.6 Å². The number of rotatable bonds is 10. The van der Waals surface area contributed by atoms with Gasteiger partial charge < -0.3 is 0 Å². The highest BCUT2D eigenvalue weighted by Crippen LogP contribution is 2.66. The fraction of sp³-hybridized carbons (Fsp3) is 0.0168. The van der Waals surface area contributed by atoms with Crippen LogP contribution in [-0.4, -0.2) is 34.9 Å². The molecular weight excluding hydrogens is 1590 g/mol. The smallest absolute Gasteiger partial charge is 0.164 e. The lowest BCUT2D eigenvalue weighted by Crippen LogP contribution is -2.32. The highest BCUT2D eigenvalue weighted by molar-refractivity contribution is 8.00. The van der Waals surface area contributed by atoms with Gasteiger partial charge in [0.1, 0.15) is 0 Å². The first-order chi connectivity index (χ1) is 63.4. The summed E-state index contributed by atoms with van der Waals surface area (Å²) in [5, 5.41) is 7.11. The van der Waals surface area contributed by atoms with Gasteiger partial charge in [-0.25, -0.2) is 34.9 Å². The third-order valence-electron chi connectivity index (χ3n) is 26.2. The number of hydrogen-bond donors (Lipinski definition) is 0. The first-order valence-electron chi connectivity index (χ1n) is 43.4. The van der Waals surface area contributed by atoms with Crippen molar-refractivity contribution in [2.45, 2.75) is 30.4 Å². The summed E-state index contributed by atoms with van der Waals surface area (Å²) in [5.74, 6) is 2.63. The maximum Gasteiger partial charge on any atom is 0.164 e. The van der Waals surface area contributed by atoms with Gasteiger partial charge in [-0.05, 0) is 142 Å². The third kappa shape index (κ3) is 12.0. The molecule has 0 N–H and O–H groups in total. The van der Waals surface area contributed by atoms with E-state index in [2.05, 4.69) is 358 Å². The molecule has 596 valence electrons. The van der Waals surface area contributed by atoms with Gasteiger partial charge in [-0.3, -0.25) is 0 Å². The fourth-order valence-electron chi connectivity index (χ4n) is 20.5. The standard InChI is InChI=1S/C60H37N3S.C59H36N4S/c1-3-16-39(17-4-1)53-37-54(63-59(62-53)41-18-5-2-6-19-41)40-32-30-38(31-33-40)42-20-15-21-43(36-42)57-56-47(46-24-9-13-28-52(46)61-57)34-35-51-58(56)64-55-29-14-12-27-50(55)60(51)48-25-10-7-22-44(48)45-23-8-11-26-49(45)60;1-3-16-38(17-4-1)56-61-57(39-18-5-2-6-19-39)63-58(62-56)40-32-30-37(31-33-40)41-20-15-21-42(36-41)54-53-46(45-24-9-13-28-51(45)60-54)34-35-50-55(53)64-52-29-14-12-27-49(52)59(50)47-25-10-7-22-43(47)44-23-8-11-26-48(44)59/h1-37H;1-36H. The first kappa shape index (κ1) is 74.7. The SMILES string of the molecule is c1ccc(-c2cc(-c3ccc(-c4cccc(-c5nc6ccccc6c6ccc7c(c56)Sc5ccccc5C75c6ccccc6-c6ccccc65)c4)cc3)nc(-c3ccccc3)n2)cc1.c1ccc(-c2nc(-c3ccccc3)nc(-c3ccc(-c4cccc(-c5nc6ccccc6c6ccc7c(c56)Sc5ccccc5C75c6ccccc6-c6ccccc65)c4)cc3)n2)cc1. The van der Waals surface area contributed by atoms with E-state index in [0.29, 0.717) is 23.3 Å². The Morgan fingerprint density at radius 1 is 0.172 bits per heavy atom. The molecule has 9 heteroatoms. The molecule has 6 heterocycles. The van der Waals surface area contributed by atoms with Crippen LogP contribution in [0.5, 0.6) is 0 Å². The van der Waals surface area contributed by atoms with Crippen LogP contribution in [0.2, 0.25) is 0 Å². The van der Waals surface area contributed by atoms with Crippen molar-refractivity contribution < 1.29 is 0 Å². The van der Waals surface area contributed by atoms with E-state index in [0.717, 1.165) is 111 Å². The molecule has 128 heavy (non-hydrogen) atoms. The van der Waals surface area contributed by atoms with Crippen molar-refractivity contribution in [2.24, 2.45) is 0 Å². The predicted molar refractivity (Wildman–Crippen MR) is 525 cm³/mol. The summed E-state index contributed by atoms with van der Waals surface area (Å²) >= 11 is 3.77. The van der Waals surface area contributed by atoms with Gasteiger partial charge in [0.25, 0.3) is 0 Å². The number of para-hydroxylation sites is 2. The molecule has 2 aliphatic carbocycles. The second kappa shape index (κ2) is 30.5. The van der Waals surface area contributed by atoms with Crippen molar-refractivity contribution in [3.05, 3.63) is 487 Å².